The number of aromatic amines is 2. The van der Waals surface area contributed by atoms with Crippen molar-refractivity contribution in [1.29, 1.82) is 0 Å². The lowest BCUT2D eigenvalue weighted by atomic mass is 10.3. The zero-order chi connectivity index (χ0) is 23.9. The molecule has 6 N–H and O–H groups in total. The third-order valence-electron chi connectivity index (χ3n) is 2.86. The molecular formula is C15H26N6O8S2. The zero-order valence-corrected chi connectivity index (χ0v) is 18.5. The van der Waals surface area contributed by atoms with Gasteiger partial charge in [0.05, 0.1) is 25.2 Å². The number of rotatable bonds is 8. The molecule has 2 heterocycles. The summed E-state index contributed by atoms with van der Waals surface area (Å²) in [5, 5.41) is 5.38. The molecule has 2 amide bonds. The van der Waals surface area contributed by atoms with E-state index in [1.807, 2.05) is 0 Å². The minimum Gasteiger partial charge on any atom is -0.355 e. The first kappa shape index (κ1) is 28.2. The van der Waals surface area contributed by atoms with Crippen LogP contribution in [-0.2, 0) is 42.7 Å². The molecule has 14 nitrogen and oxygen atoms in total. The Morgan fingerprint density at radius 2 is 1.16 bits per heavy atom. The van der Waals surface area contributed by atoms with Crippen molar-refractivity contribution >= 4 is 32.1 Å². The van der Waals surface area contributed by atoms with Gasteiger partial charge in [0.15, 0.2) is 0 Å². The second-order valence-corrected chi connectivity index (χ2v) is 8.93. The average Bonchev–Trinajstić information content (AvgIpc) is 3.25. The fourth-order valence-corrected chi connectivity index (χ4v) is 1.79. The average molecular weight is 483 g/mol. The van der Waals surface area contributed by atoms with E-state index in [4.69, 9.17) is 9.11 Å². The summed E-state index contributed by atoms with van der Waals surface area (Å²) in [5.74, 6) is -0.567. The number of nitrogens with zero attached hydrogens (tertiary/aromatic N) is 2. The largest absolute Gasteiger partial charge is 0.355 e. The maximum Gasteiger partial charge on any atom is 0.261 e. The smallest absolute Gasteiger partial charge is 0.261 e. The third kappa shape index (κ3) is 23.3. The molecule has 0 aliphatic carbocycles. The highest BCUT2D eigenvalue weighted by Crippen LogP contribution is 1.92. The maximum atomic E-state index is 11.6. The van der Waals surface area contributed by atoms with Crippen molar-refractivity contribution in [1.82, 2.24) is 30.6 Å². The van der Waals surface area contributed by atoms with Gasteiger partial charge >= 0.3 is 0 Å². The highest BCUT2D eigenvalue weighted by molar-refractivity contribution is 7.85. The first-order valence-corrected chi connectivity index (χ1v) is 12.3. The number of aromatic nitrogens is 4. The number of hydrogen-bond acceptors (Lipinski definition) is 8. The second kappa shape index (κ2) is 14.2. The predicted octanol–water partition coefficient (Wildman–Crippen LogP) is -1.45. The van der Waals surface area contributed by atoms with Crippen LogP contribution in [0, 0.1) is 0 Å². The van der Waals surface area contributed by atoms with Gasteiger partial charge in [-0.2, -0.15) is 16.8 Å². The number of carbonyl (C=O) groups excluding carboxylic acids is 2. The van der Waals surface area contributed by atoms with Gasteiger partial charge in [-0.15, -0.1) is 0 Å². The van der Waals surface area contributed by atoms with E-state index in [0.29, 0.717) is 38.4 Å². The summed E-state index contributed by atoms with van der Waals surface area (Å²) >= 11 is 0. The van der Waals surface area contributed by atoms with Crippen LogP contribution in [0.15, 0.2) is 25.0 Å². The molecule has 0 spiro atoms. The lowest BCUT2D eigenvalue weighted by Crippen LogP contribution is -2.33. The van der Waals surface area contributed by atoms with Gasteiger partial charge in [-0.1, -0.05) is 0 Å². The zero-order valence-electron chi connectivity index (χ0n) is 16.9. The molecule has 0 fully saturated rings. The third-order valence-corrected chi connectivity index (χ3v) is 2.86. The van der Waals surface area contributed by atoms with E-state index < -0.39 is 20.2 Å². The Morgan fingerprint density at radius 1 is 0.839 bits per heavy atom. The van der Waals surface area contributed by atoms with Crippen LogP contribution in [0.1, 0.15) is 17.8 Å². The topological polar surface area (TPSA) is 224 Å². The standard InChI is InChI=1S/C13H18N6O2.2CH4O3S/c20-12(16-3-1-10-6-14-8-18-10)5-13(21)17-4-2-11-7-15-9-19-11;2*1-5(2,3)4/h6-9H,1-5H2,(H,14,18)(H,15,19)(H,16,20)(H,17,21);2*1H3,(H,2,3,4). The Balaban J connectivity index is 0.000000752. The van der Waals surface area contributed by atoms with Gasteiger partial charge in [0, 0.05) is 49.7 Å². The van der Waals surface area contributed by atoms with E-state index in [9.17, 15) is 26.4 Å². The van der Waals surface area contributed by atoms with Gasteiger partial charge in [-0.05, 0) is 0 Å². The summed E-state index contributed by atoms with van der Waals surface area (Å²) in [4.78, 5) is 36.8. The van der Waals surface area contributed by atoms with Crippen LogP contribution < -0.4 is 10.6 Å². The number of amides is 2. The highest BCUT2D eigenvalue weighted by Gasteiger charge is 2.08. The Morgan fingerprint density at radius 3 is 1.42 bits per heavy atom. The van der Waals surface area contributed by atoms with Crippen LogP contribution >= 0.6 is 0 Å². The summed E-state index contributed by atoms with van der Waals surface area (Å²) < 4.78 is 51.7. The van der Waals surface area contributed by atoms with Crippen molar-refractivity contribution in [2.45, 2.75) is 19.3 Å². The van der Waals surface area contributed by atoms with Crippen molar-refractivity contribution < 1.29 is 35.5 Å². The molecule has 2 aromatic heterocycles. The predicted molar refractivity (Wildman–Crippen MR) is 110 cm³/mol. The van der Waals surface area contributed by atoms with Crippen LogP contribution in [0.3, 0.4) is 0 Å². The monoisotopic (exact) mass is 482 g/mol. The molecule has 0 unspecified atom stereocenters. The van der Waals surface area contributed by atoms with Gasteiger partial charge in [0.25, 0.3) is 20.2 Å². The van der Waals surface area contributed by atoms with Gasteiger partial charge in [-0.3, -0.25) is 18.7 Å². The Kier molecular flexibility index (Phi) is 12.9. The van der Waals surface area contributed by atoms with Crippen LogP contribution in [0.25, 0.3) is 0 Å². The van der Waals surface area contributed by atoms with Crippen molar-refractivity contribution in [3.63, 3.8) is 0 Å². The van der Waals surface area contributed by atoms with Crippen molar-refractivity contribution in [3.05, 3.63) is 36.4 Å². The molecule has 31 heavy (non-hydrogen) atoms. The molecule has 0 aliphatic rings. The first-order valence-electron chi connectivity index (χ1n) is 8.57. The minimum absolute atomic E-state index is 0.161. The number of nitrogens with one attached hydrogen (secondary N) is 4. The van der Waals surface area contributed by atoms with Crippen molar-refractivity contribution in [2.24, 2.45) is 0 Å². The number of hydrogen-bond donors (Lipinski definition) is 6. The molecular weight excluding hydrogens is 456 g/mol. The quantitative estimate of drug-likeness (QED) is 0.189. The van der Waals surface area contributed by atoms with Crippen LogP contribution in [0.4, 0.5) is 0 Å². The number of H-pyrrole nitrogens is 2. The van der Waals surface area contributed by atoms with Crippen molar-refractivity contribution in [3.8, 4) is 0 Å². The first-order chi connectivity index (χ1) is 14.2. The number of carbonyl (C=O) groups is 2. The Bertz CT molecular complexity index is 877. The van der Waals surface area contributed by atoms with E-state index in [-0.39, 0.29) is 18.2 Å². The van der Waals surface area contributed by atoms with Crippen molar-refractivity contribution in [2.75, 3.05) is 25.6 Å². The van der Waals surface area contributed by atoms with Crippen LogP contribution in [-0.4, -0.2) is 83.3 Å². The fraction of sp³-hybridized carbons (Fsp3) is 0.467. The van der Waals surface area contributed by atoms with E-state index in [1.165, 1.54) is 0 Å². The molecule has 0 saturated heterocycles. The minimum atomic E-state index is -3.67. The van der Waals surface area contributed by atoms with E-state index in [1.54, 1.807) is 25.0 Å². The molecule has 2 aromatic rings. The van der Waals surface area contributed by atoms with E-state index >= 15 is 0 Å². The van der Waals surface area contributed by atoms with Gasteiger partial charge in [0.2, 0.25) is 11.8 Å². The molecule has 0 aromatic carbocycles. The van der Waals surface area contributed by atoms with Gasteiger partial charge < -0.3 is 20.6 Å². The van der Waals surface area contributed by atoms with Gasteiger partial charge in [0.1, 0.15) is 6.42 Å². The summed E-state index contributed by atoms with van der Waals surface area (Å²) in [7, 11) is -7.33. The number of imidazole rings is 2. The highest BCUT2D eigenvalue weighted by atomic mass is 32.2. The molecule has 0 saturated carbocycles. The normalized spacial score (nSPS) is 10.7. The Hall–Kier alpha value is -2.82. The second-order valence-electron chi connectivity index (χ2n) is 6.00. The molecule has 0 radical (unpaired) electrons. The summed E-state index contributed by atoms with van der Waals surface area (Å²) in [6.45, 7) is 0.949. The summed E-state index contributed by atoms with van der Waals surface area (Å²) in [5.41, 5.74) is 1.89. The molecule has 16 heteroatoms. The summed E-state index contributed by atoms with van der Waals surface area (Å²) in [6, 6.07) is 0. The SMILES string of the molecule is CS(=O)(=O)O.CS(=O)(=O)O.O=C(CC(=O)NCCc1cnc[nH]1)NCCc1cnc[nH]1. The molecule has 0 atom stereocenters. The fourth-order valence-electron chi connectivity index (χ4n) is 1.79. The lowest BCUT2D eigenvalue weighted by Gasteiger charge is -2.05. The lowest BCUT2D eigenvalue weighted by molar-refractivity contribution is -0.129. The molecule has 176 valence electrons. The Labute approximate surface area is 179 Å². The molecule has 0 aliphatic heterocycles. The van der Waals surface area contributed by atoms with Crippen LogP contribution in [0.2, 0.25) is 0 Å². The van der Waals surface area contributed by atoms with Gasteiger partial charge in [-0.25, -0.2) is 9.97 Å². The summed E-state index contributed by atoms with van der Waals surface area (Å²) in [6.07, 6.45) is 9.17. The van der Waals surface area contributed by atoms with E-state index in [0.717, 1.165) is 11.4 Å². The van der Waals surface area contributed by atoms with Crippen LogP contribution in [0.5, 0.6) is 0 Å². The maximum absolute atomic E-state index is 11.6. The molecule has 0 bridgehead atoms. The molecule has 2 rings (SSSR count). The van der Waals surface area contributed by atoms with E-state index in [2.05, 4.69) is 30.6 Å².